The Morgan fingerprint density at radius 3 is 2.76 bits per heavy atom. The number of hydrogen-bond donors (Lipinski definition) is 2. The van der Waals surface area contributed by atoms with E-state index < -0.39 is 16.0 Å². The van der Waals surface area contributed by atoms with Crippen LogP contribution < -0.4 is 4.72 Å². The molecule has 21 heavy (non-hydrogen) atoms. The minimum Gasteiger partial charge on any atom is -0.468 e. The first-order valence-electron chi connectivity index (χ1n) is 5.97. The number of H-pyrrole nitrogens is 1. The summed E-state index contributed by atoms with van der Waals surface area (Å²) in [4.78, 5) is 11.2. The predicted molar refractivity (Wildman–Crippen MR) is 73.1 cm³/mol. The SMILES string of the molecule is COC(=O)Cn1cc(NS(=O)(=O)c2c(C)n[nH]c2C)cn1. The van der Waals surface area contributed by atoms with E-state index in [1.54, 1.807) is 13.8 Å². The molecule has 0 aromatic carbocycles. The number of methoxy groups -OCH3 is 1. The van der Waals surface area contributed by atoms with Crippen LogP contribution in [0.4, 0.5) is 5.69 Å². The third kappa shape index (κ3) is 3.21. The maximum atomic E-state index is 12.3. The van der Waals surface area contributed by atoms with Crippen LogP contribution in [0.1, 0.15) is 11.4 Å². The van der Waals surface area contributed by atoms with Gasteiger partial charge in [0.1, 0.15) is 11.4 Å². The minimum absolute atomic E-state index is 0.0952. The molecule has 2 aromatic heterocycles. The quantitative estimate of drug-likeness (QED) is 0.761. The van der Waals surface area contributed by atoms with Crippen molar-refractivity contribution < 1.29 is 17.9 Å². The van der Waals surface area contributed by atoms with Crippen molar-refractivity contribution >= 4 is 21.7 Å². The monoisotopic (exact) mass is 313 g/mol. The summed E-state index contributed by atoms with van der Waals surface area (Å²) < 4.78 is 32.8. The van der Waals surface area contributed by atoms with Gasteiger partial charge in [0.15, 0.2) is 0 Å². The molecule has 0 aliphatic rings. The van der Waals surface area contributed by atoms with Crippen molar-refractivity contribution in [1.82, 2.24) is 20.0 Å². The second kappa shape index (κ2) is 5.56. The number of nitrogens with one attached hydrogen (secondary N) is 2. The van der Waals surface area contributed by atoms with E-state index in [9.17, 15) is 13.2 Å². The smallest absolute Gasteiger partial charge is 0.327 e. The second-order valence-corrected chi connectivity index (χ2v) is 5.99. The molecule has 2 rings (SSSR count). The van der Waals surface area contributed by atoms with Crippen LogP contribution in [-0.4, -0.2) is 41.5 Å². The summed E-state index contributed by atoms with van der Waals surface area (Å²) in [7, 11) is -2.50. The lowest BCUT2D eigenvalue weighted by Crippen LogP contribution is -2.14. The molecule has 0 saturated heterocycles. The highest BCUT2D eigenvalue weighted by atomic mass is 32.2. The first kappa shape index (κ1) is 15.0. The topological polar surface area (TPSA) is 119 Å². The lowest BCUT2D eigenvalue weighted by Gasteiger charge is -2.05. The zero-order valence-electron chi connectivity index (χ0n) is 11.7. The number of sulfonamides is 1. The van der Waals surface area contributed by atoms with Gasteiger partial charge in [0.25, 0.3) is 10.0 Å². The van der Waals surface area contributed by atoms with Crippen LogP contribution in [-0.2, 0) is 26.1 Å². The standard InChI is InChI=1S/C11H15N5O4S/c1-7-11(8(2)14-13-7)21(18,19)15-9-4-12-16(5-9)6-10(17)20-3/h4-5,15H,6H2,1-3H3,(H,13,14). The molecule has 2 N–H and O–H groups in total. The van der Waals surface area contributed by atoms with Gasteiger partial charge in [-0.1, -0.05) is 0 Å². The van der Waals surface area contributed by atoms with E-state index in [2.05, 4.69) is 24.8 Å². The Kier molecular flexibility index (Phi) is 3.98. The molecule has 0 aliphatic heterocycles. The first-order chi connectivity index (χ1) is 9.83. The molecule has 10 heteroatoms. The average Bonchev–Trinajstić information content (AvgIpc) is 2.96. The highest BCUT2D eigenvalue weighted by molar-refractivity contribution is 7.92. The van der Waals surface area contributed by atoms with Crippen molar-refractivity contribution in [2.45, 2.75) is 25.3 Å². The molecular weight excluding hydrogens is 298 g/mol. The zero-order chi connectivity index (χ0) is 15.6. The normalized spacial score (nSPS) is 11.4. The summed E-state index contributed by atoms with van der Waals surface area (Å²) in [5, 5.41) is 10.3. The maximum Gasteiger partial charge on any atom is 0.327 e. The van der Waals surface area contributed by atoms with Crippen LogP contribution in [0.15, 0.2) is 17.3 Å². The van der Waals surface area contributed by atoms with E-state index >= 15 is 0 Å². The summed E-state index contributed by atoms with van der Waals surface area (Å²) in [5.74, 6) is -0.478. The lowest BCUT2D eigenvalue weighted by molar-refractivity contribution is -0.141. The molecule has 0 atom stereocenters. The van der Waals surface area contributed by atoms with Gasteiger partial charge in [-0.15, -0.1) is 0 Å². The van der Waals surface area contributed by atoms with Crippen molar-refractivity contribution in [2.24, 2.45) is 0 Å². The van der Waals surface area contributed by atoms with Gasteiger partial charge in [-0.05, 0) is 13.8 Å². The fraction of sp³-hybridized carbons (Fsp3) is 0.364. The molecule has 2 heterocycles. The number of carbonyl (C=O) groups excluding carboxylic acids is 1. The molecule has 0 amide bonds. The molecule has 9 nitrogen and oxygen atoms in total. The third-order valence-electron chi connectivity index (χ3n) is 2.73. The Hall–Kier alpha value is -2.36. The van der Waals surface area contributed by atoms with E-state index in [0.29, 0.717) is 11.4 Å². The molecular formula is C11H15N5O4S. The van der Waals surface area contributed by atoms with Crippen LogP contribution in [0.3, 0.4) is 0 Å². The highest BCUT2D eigenvalue weighted by Gasteiger charge is 2.22. The maximum absolute atomic E-state index is 12.3. The van der Waals surface area contributed by atoms with E-state index in [-0.39, 0.29) is 17.1 Å². The number of nitrogens with zero attached hydrogens (tertiary/aromatic N) is 3. The minimum atomic E-state index is -3.77. The van der Waals surface area contributed by atoms with Gasteiger partial charge in [0, 0.05) is 6.20 Å². The van der Waals surface area contributed by atoms with Gasteiger partial charge < -0.3 is 4.74 Å². The first-order valence-corrected chi connectivity index (χ1v) is 7.45. The largest absolute Gasteiger partial charge is 0.468 e. The van der Waals surface area contributed by atoms with Crippen molar-refractivity contribution in [2.75, 3.05) is 11.8 Å². The van der Waals surface area contributed by atoms with E-state index in [1.165, 1.54) is 24.2 Å². The van der Waals surface area contributed by atoms with Gasteiger partial charge in [0.05, 0.1) is 30.4 Å². The molecule has 114 valence electrons. The van der Waals surface area contributed by atoms with Crippen LogP contribution in [0, 0.1) is 13.8 Å². The molecule has 0 fully saturated rings. The van der Waals surface area contributed by atoms with E-state index in [0.717, 1.165) is 0 Å². The number of anilines is 1. The summed E-state index contributed by atoms with van der Waals surface area (Å²) in [5.41, 5.74) is 1.07. The van der Waals surface area contributed by atoms with Crippen LogP contribution in [0.2, 0.25) is 0 Å². The van der Waals surface area contributed by atoms with Crippen molar-refractivity contribution in [1.29, 1.82) is 0 Å². The predicted octanol–water partition coefficient (Wildman–Crippen LogP) is 0.197. The molecule has 0 saturated carbocycles. The van der Waals surface area contributed by atoms with Gasteiger partial charge in [-0.2, -0.15) is 10.2 Å². The third-order valence-corrected chi connectivity index (χ3v) is 4.38. The summed E-state index contributed by atoms with van der Waals surface area (Å²) >= 11 is 0. The number of aromatic nitrogens is 4. The number of aryl methyl sites for hydroxylation is 2. The summed E-state index contributed by atoms with van der Waals surface area (Å²) in [6.07, 6.45) is 2.71. The molecule has 0 radical (unpaired) electrons. The summed E-state index contributed by atoms with van der Waals surface area (Å²) in [6, 6.07) is 0. The van der Waals surface area contributed by atoms with Crippen molar-refractivity contribution in [3.8, 4) is 0 Å². The number of carbonyl (C=O) groups is 1. The number of rotatable bonds is 5. The van der Waals surface area contributed by atoms with E-state index in [4.69, 9.17) is 0 Å². The fourth-order valence-electron chi connectivity index (χ4n) is 1.84. The Bertz CT molecular complexity index is 742. The Labute approximate surface area is 121 Å². The van der Waals surface area contributed by atoms with Crippen LogP contribution in [0.25, 0.3) is 0 Å². The number of aromatic amines is 1. The Balaban J connectivity index is 2.20. The Morgan fingerprint density at radius 1 is 1.48 bits per heavy atom. The van der Waals surface area contributed by atoms with Crippen LogP contribution >= 0.6 is 0 Å². The number of hydrogen-bond acceptors (Lipinski definition) is 6. The second-order valence-electron chi connectivity index (χ2n) is 4.37. The van der Waals surface area contributed by atoms with Crippen LogP contribution in [0.5, 0.6) is 0 Å². The molecule has 0 bridgehead atoms. The van der Waals surface area contributed by atoms with Gasteiger partial charge in [0.2, 0.25) is 0 Å². The van der Waals surface area contributed by atoms with E-state index in [1.807, 2.05) is 0 Å². The number of ether oxygens (including phenoxy) is 1. The molecule has 2 aromatic rings. The lowest BCUT2D eigenvalue weighted by atomic mass is 10.4. The number of esters is 1. The Morgan fingerprint density at radius 2 is 2.19 bits per heavy atom. The van der Waals surface area contributed by atoms with Gasteiger partial charge in [-0.3, -0.25) is 19.3 Å². The van der Waals surface area contributed by atoms with Crippen molar-refractivity contribution in [3.63, 3.8) is 0 Å². The summed E-state index contributed by atoms with van der Waals surface area (Å²) in [6.45, 7) is 3.12. The van der Waals surface area contributed by atoms with Gasteiger partial charge >= 0.3 is 5.97 Å². The van der Waals surface area contributed by atoms with Gasteiger partial charge in [-0.25, -0.2) is 8.42 Å². The molecule has 0 aliphatic carbocycles. The fourth-order valence-corrected chi connectivity index (χ4v) is 3.24. The highest BCUT2D eigenvalue weighted by Crippen LogP contribution is 2.20. The molecule has 0 unspecified atom stereocenters. The molecule has 0 spiro atoms. The van der Waals surface area contributed by atoms with Crippen molar-refractivity contribution in [3.05, 3.63) is 23.8 Å². The average molecular weight is 313 g/mol. The zero-order valence-corrected chi connectivity index (χ0v) is 12.6.